The van der Waals surface area contributed by atoms with Gasteiger partial charge in [0.1, 0.15) is 12.7 Å². The van der Waals surface area contributed by atoms with Gasteiger partial charge in [0.15, 0.2) is 11.6 Å². The number of esters is 1. The van der Waals surface area contributed by atoms with E-state index in [4.69, 9.17) is 0 Å². The van der Waals surface area contributed by atoms with Gasteiger partial charge >= 0.3 is 5.97 Å². The average molecular weight is 391 g/mol. The van der Waals surface area contributed by atoms with Crippen molar-refractivity contribution in [1.29, 1.82) is 0 Å². The monoisotopic (exact) mass is 390 g/mol. The second kappa shape index (κ2) is 14.1. The molecule has 28 heavy (non-hydrogen) atoms. The second-order valence-corrected chi connectivity index (χ2v) is 7.25. The molecule has 0 bridgehead atoms. The number of rotatable bonds is 14. The molecule has 0 saturated carbocycles. The Labute approximate surface area is 168 Å². The Morgan fingerprint density at radius 2 is 1.96 bits per heavy atom. The molecule has 0 heterocycles. The molecule has 1 aliphatic carbocycles. The van der Waals surface area contributed by atoms with Crippen molar-refractivity contribution in [2.45, 2.75) is 71.3 Å². The van der Waals surface area contributed by atoms with E-state index in [0.717, 1.165) is 6.42 Å². The van der Waals surface area contributed by atoms with Gasteiger partial charge in [-0.3, -0.25) is 14.4 Å². The third kappa shape index (κ3) is 9.79. The molecule has 156 valence electrons. The molecule has 5 nitrogen and oxygen atoms in total. The highest BCUT2D eigenvalue weighted by Crippen LogP contribution is 2.27. The molecule has 1 N–H and O–H groups in total. The van der Waals surface area contributed by atoms with Crippen molar-refractivity contribution in [3.63, 3.8) is 0 Å². The lowest BCUT2D eigenvalue weighted by molar-refractivity contribution is -0.146. The third-order valence-electron chi connectivity index (χ3n) is 4.83. The molecular formula is C23H34O5. The predicted octanol–water partition coefficient (Wildman–Crippen LogP) is 4.10. The van der Waals surface area contributed by atoms with E-state index < -0.39 is 12.1 Å². The fourth-order valence-corrected chi connectivity index (χ4v) is 3.11. The summed E-state index contributed by atoms with van der Waals surface area (Å²) < 4.78 is 4.62. The summed E-state index contributed by atoms with van der Waals surface area (Å²) in [6.45, 7) is 3.13. The second-order valence-electron chi connectivity index (χ2n) is 7.25. The van der Waals surface area contributed by atoms with Gasteiger partial charge in [-0.05, 0) is 31.8 Å². The summed E-state index contributed by atoms with van der Waals surface area (Å²) in [5.41, 5.74) is 0. The molecule has 0 aromatic heterocycles. The van der Waals surface area contributed by atoms with Crippen LogP contribution in [0, 0.1) is 11.8 Å². The number of carbonyl (C=O) groups is 3. The maximum Gasteiger partial charge on any atom is 0.302 e. The van der Waals surface area contributed by atoms with Crippen molar-refractivity contribution in [3.05, 3.63) is 36.5 Å². The molecule has 1 aliphatic rings. The minimum Gasteiger partial charge on any atom is -0.463 e. The van der Waals surface area contributed by atoms with Crippen molar-refractivity contribution in [1.82, 2.24) is 0 Å². The number of Topliss-reactive ketones (excluding diaryl/α,β-unsaturated/α-hetero) is 1. The van der Waals surface area contributed by atoms with Crippen LogP contribution in [-0.2, 0) is 19.1 Å². The van der Waals surface area contributed by atoms with Crippen LogP contribution in [0.3, 0.4) is 0 Å². The molecule has 0 saturated heterocycles. The van der Waals surface area contributed by atoms with E-state index in [0.29, 0.717) is 12.8 Å². The number of aliphatic hydroxyl groups is 1. The van der Waals surface area contributed by atoms with Crippen LogP contribution < -0.4 is 0 Å². The SMILES string of the molecule is CCCCCCC=C[C@H]1C=CC(=O)[C@@H]1CC=CCCC(=O)C(O)COC(C)=O. The van der Waals surface area contributed by atoms with Crippen LogP contribution in [-0.4, -0.2) is 35.4 Å². The zero-order valence-corrected chi connectivity index (χ0v) is 17.1. The van der Waals surface area contributed by atoms with Crippen LogP contribution in [0.5, 0.6) is 0 Å². The van der Waals surface area contributed by atoms with Gasteiger partial charge in [0.2, 0.25) is 0 Å². The molecule has 0 aromatic rings. The summed E-state index contributed by atoms with van der Waals surface area (Å²) in [7, 11) is 0. The summed E-state index contributed by atoms with van der Waals surface area (Å²) in [5, 5.41) is 9.60. The van der Waals surface area contributed by atoms with E-state index in [1.807, 2.05) is 18.2 Å². The van der Waals surface area contributed by atoms with E-state index in [1.54, 1.807) is 6.08 Å². The number of unbranched alkanes of at least 4 members (excludes halogenated alkanes) is 4. The van der Waals surface area contributed by atoms with Crippen LogP contribution in [0.2, 0.25) is 0 Å². The van der Waals surface area contributed by atoms with Gasteiger partial charge < -0.3 is 9.84 Å². The summed E-state index contributed by atoms with van der Waals surface area (Å²) in [6, 6.07) is 0. The molecule has 0 aliphatic heterocycles. The van der Waals surface area contributed by atoms with E-state index in [-0.39, 0.29) is 36.4 Å². The Morgan fingerprint density at radius 3 is 2.68 bits per heavy atom. The van der Waals surface area contributed by atoms with Gasteiger partial charge in [-0.15, -0.1) is 0 Å². The minimum atomic E-state index is -1.27. The first-order chi connectivity index (χ1) is 13.5. The van der Waals surface area contributed by atoms with E-state index in [2.05, 4.69) is 23.8 Å². The largest absolute Gasteiger partial charge is 0.463 e. The molecule has 5 heteroatoms. The van der Waals surface area contributed by atoms with Gasteiger partial charge in [0.05, 0.1) is 0 Å². The molecule has 0 radical (unpaired) electrons. The van der Waals surface area contributed by atoms with Crippen LogP contribution in [0.25, 0.3) is 0 Å². The Morgan fingerprint density at radius 1 is 1.18 bits per heavy atom. The lowest BCUT2D eigenvalue weighted by Crippen LogP contribution is -2.26. The maximum absolute atomic E-state index is 12.1. The average Bonchev–Trinajstić information content (AvgIpc) is 3.01. The van der Waals surface area contributed by atoms with Crippen molar-refractivity contribution in [2.24, 2.45) is 11.8 Å². The van der Waals surface area contributed by atoms with Gasteiger partial charge in [-0.1, -0.05) is 56.6 Å². The first-order valence-electron chi connectivity index (χ1n) is 10.3. The molecule has 1 rings (SSSR count). The van der Waals surface area contributed by atoms with Crippen molar-refractivity contribution in [2.75, 3.05) is 6.61 Å². The number of hydrogen-bond donors (Lipinski definition) is 1. The van der Waals surface area contributed by atoms with Crippen LogP contribution in [0.1, 0.15) is 65.2 Å². The van der Waals surface area contributed by atoms with E-state index in [9.17, 15) is 19.5 Å². The highest BCUT2D eigenvalue weighted by molar-refractivity contribution is 5.95. The highest BCUT2D eigenvalue weighted by Gasteiger charge is 2.26. The number of ether oxygens (including phenoxy) is 1. The maximum atomic E-state index is 12.1. The quantitative estimate of drug-likeness (QED) is 0.274. The van der Waals surface area contributed by atoms with Crippen molar-refractivity contribution in [3.8, 4) is 0 Å². The standard InChI is InChI=1S/C23H34O5/c1-3-4-5-6-7-9-12-19-15-16-21(25)20(19)13-10-8-11-14-22(26)23(27)17-28-18(2)24/h8-10,12,15-16,19-20,23,27H,3-7,11,13-14,17H2,1-2H3/t19-,20+,23?/m0/s1. The van der Waals surface area contributed by atoms with Crippen LogP contribution in [0.15, 0.2) is 36.5 Å². The zero-order valence-electron chi connectivity index (χ0n) is 17.1. The predicted molar refractivity (Wildman–Crippen MR) is 110 cm³/mol. The smallest absolute Gasteiger partial charge is 0.302 e. The first kappa shape index (κ1) is 24.0. The normalized spacial score (nSPS) is 20.3. The fraction of sp³-hybridized carbons (Fsp3) is 0.609. The van der Waals surface area contributed by atoms with Crippen molar-refractivity contribution < 1.29 is 24.2 Å². The summed E-state index contributed by atoms with van der Waals surface area (Å²) in [4.78, 5) is 34.5. The number of aliphatic hydroxyl groups excluding tert-OH is 1. The molecule has 1 unspecified atom stereocenters. The molecular weight excluding hydrogens is 356 g/mol. The van der Waals surface area contributed by atoms with Gasteiger partial charge in [-0.25, -0.2) is 0 Å². The Kier molecular flexibility index (Phi) is 12.1. The van der Waals surface area contributed by atoms with E-state index >= 15 is 0 Å². The number of carbonyl (C=O) groups excluding carboxylic acids is 3. The first-order valence-corrected chi connectivity index (χ1v) is 10.3. The molecule has 0 aromatic carbocycles. The topological polar surface area (TPSA) is 80.7 Å². The van der Waals surface area contributed by atoms with Crippen LogP contribution in [0.4, 0.5) is 0 Å². The number of ketones is 2. The molecule has 0 spiro atoms. The lowest BCUT2D eigenvalue weighted by atomic mass is 9.90. The zero-order chi connectivity index (χ0) is 20.8. The fourth-order valence-electron chi connectivity index (χ4n) is 3.11. The number of allylic oxidation sites excluding steroid dienone is 6. The Bertz CT molecular complexity index is 588. The van der Waals surface area contributed by atoms with Gasteiger partial charge in [-0.2, -0.15) is 0 Å². The Balaban J connectivity index is 2.31. The van der Waals surface area contributed by atoms with Gasteiger partial charge in [0, 0.05) is 25.2 Å². The minimum absolute atomic E-state index is 0.0617. The summed E-state index contributed by atoms with van der Waals surface area (Å²) in [5.74, 6) is -0.637. The summed E-state index contributed by atoms with van der Waals surface area (Å²) >= 11 is 0. The van der Waals surface area contributed by atoms with Crippen LogP contribution >= 0.6 is 0 Å². The molecule has 0 fully saturated rings. The molecule has 3 atom stereocenters. The van der Waals surface area contributed by atoms with Crippen molar-refractivity contribution >= 4 is 17.5 Å². The van der Waals surface area contributed by atoms with Gasteiger partial charge in [0.25, 0.3) is 0 Å². The highest BCUT2D eigenvalue weighted by atomic mass is 16.5. The lowest BCUT2D eigenvalue weighted by Gasteiger charge is -2.12. The third-order valence-corrected chi connectivity index (χ3v) is 4.83. The van der Waals surface area contributed by atoms with E-state index in [1.165, 1.54) is 32.6 Å². The Hall–Kier alpha value is -2.01. The molecule has 0 amide bonds. The number of hydrogen-bond acceptors (Lipinski definition) is 5. The summed E-state index contributed by atoms with van der Waals surface area (Å²) in [6.07, 6.45) is 17.8.